The average Bonchev–Trinajstić information content (AvgIpc) is 2.80. The molecule has 1 heterocycles. The van der Waals surface area contributed by atoms with Crippen LogP contribution in [0.4, 0.5) is 5.69 Å². The van der Waals surface area contributed by atoms with Gasteiger partial charge < -0.3 is 14.8 Å². The topological polar surface area (TPSA) is 60.5 Å². The van der Waals surface area contributed by atoms with Crippen molar-refractivity contribution >= 4 is 34.1 Å². The minimum atomic E-state index is -0.211. The van der Waals surface area contributed by atoms with Crippen LogP contribution in [-0.2, 0) is 0 Å². The van der Waals surface area contributed by atoms with E-state index in [-0.39, 0.29) is 5.91 Å². The number of carbonyl (C=O) groups excluding carboxylic acids is 1. The summed E-state index contributed by atoms with van der Waals surface area (Å²) >= 11 is 6.15. The number of hydrogen-bond donors (Lipinski definition) is 1. The molecule has 32 heavy (non-hydrogen) atoms. The van der Waals surface area contributed by atoms with Crippen molar-refractivity contribution in [2.75, 3.05) is 18.5 Å². The summed E-state index contributed by atoms with van der Waals surface area (Å²) in [6.45, 7) is 4.95. The SMILES string of the molecule is CCOc1ccc(NC(=O)c2ccc3nc(-c4cccc(Cl)c4)cc(OCC)c3c2)cc1. The lowest BCUT2D eigenvalue weighted by Gasteiger charge is -2.12. The molecule has 0 aliphatic heterocycles. The number of anilines is 1. The van der Waals surface area contributed by atoms with E-state index < -0.39 is 0 Å². The second-order valence-corrected chi connectivity index (χ2v) is 7.53. The van der Waals surface area contributed by atoms with Crippen LogP contribution in [0.2, 0.25) is 5.02 Å². The smallest absolute Gasteiger partial charge is 0.255 e. The number of pyridine rings is 1. The van der Waals surface area contributed by atoms with E-state index in [4.69, 9.17) is 26.1 Å². The van der Waals surface area contributed by atoms with Gasteiger partial charge in [-0.05, 0) is 68.4 Å². The number of rotatable bonds is 7. The molecule has 0 bridgehead atoms. The Morgan fingerprint density at radius 3 is 2.44 bits per heavy atom. The molecule has 1 amide bonds. The van der Waals surface area contributed by atoms with Gasteiger partial charge in [-0.15, -0.1) is 0 Å². The molecule has 1 aromatic heterocycles. The van der Waals surface area contributed by atoms with Gasteiger partial charge in [-0.25, -0.2) is 4.98 Å². The van der Waals surface area contributed by atoms with E-state index in [1.807, 2.05) is 74.5 Å². The van der Waals surface area contributed by atoms with E-state index in [0.29, 0.717) is 35.2 Å². The largest absolute Gasteiger partial charge is 0.494 e. The molecular formula is C26H23ClN2O3. The van der Waals surface area contributed by atoms with E-state index in [2.05, 4.69) is 5.32 Å². The summed E-state index contributed by atoms with van der Waals surface area (Å²) in [7, 11) is 0. The number of nitrogens with one attached hydrogen (secondary N) is 1. The minimum absolute atomic E-state index is 0.211. The number of fused-ring (bicyclic) bond motifs is 1. The Kier molecular flexibility index (Phi) is 6.57. The molecule has 0 atom stereocenters. The van der Waals surface area contributed by atoms with E-state index in [9.17, 15) is 4.79 Å². The highest BCUT2D eigenvalue weighted by molar-refractivity contribution is 6.30. The van der Waals surface area contributed by atoms with Gasteiger partial charge in [-0.3, -0.25) is 4.79 Å². The molecule has 3 aromatic carbocycles. The predicted octanol–water partition coefficient (Wildman–Crippen LogP) is 6.60. The highest BCUT2D eigenvalue weighted by Crippen LogP contribution is 2.32. The standard InChI is InChI=1S/C26H23ClN2O3/c1-3-31-21-11-9-20(10-12-21)28-26(30)18-8-13-23-22(15-18)25(32-4-2)16-24(29-23)17-6-5-7-19(27)14-17/h5-16H,3-4H2,1-2H3,(H,28,30). The van der Waals surface area contributed by atoms with E-state index in [1.54, 1.807) is 12.1 Å². The lowest BCUT2D eigenvalue weighted by Crippen LogP contribution is -2.12. The first-order valence-corrected chi connectivity index (χ1v) is 10.8. The molecule has 0 spiro atoms. The fourth-order valence-electron chi connectivity index (χ4n) is 3.41. The Hall–Kier alpha value is -3.57. The number of hydrogen-bond acceptors (Lipinski definition) is 4. The maximum atomic E-state index is 12.8. The number of amides is 1. The van der Waals surface area contributed by atoms with Crippen molar-refractivity contribution in [2.24, 2.45) is 0 Å². The van der Waals surface area contributed by atoms with Crippen molar-refractivity contribution in [3.63, 3.8) is 0 Å². The summed E-state index contributed by atoms with van der Waals surface area (Å²) in [5.41, 5.74) is 3.61. The minimum Gasteiger partial charge on any atom is -0.494 e. The Balaban J connectivity index is 1.65. The van der Waals surface area contributed by atoms with Crippen LogP contribution in [0.3, 0.4) is 0 Å². The molecule has 0 unspecified atom stereocenters. The molecule has 6 heteroatoms. The first-order valence-electron chi connectivity index (χ1n) is 10.4. The van der Waals surface area contributed by atoms with Gasteiger partial charge in [-0.2, -0.15) is 0 Å². The molecule has 0 saturated heterocycles. The number of nitrogens with zero attached hydrogens (tertiary/aromatic N) is 1. The summed E-state index contributed by atoms with van der Waals surface area (Å²) in [5.74, 6) is 1.22. The summed E-state index contributed by atoms with van der Waals surface area (Å²) in [6, 6.07) is 22.1. The fourth-order valence-corrected chi connectivity index (χ4v) is 3.60. The van der Waals surface area contributed by atoms with Crippen molar-refractivity contribution in [2.45, 2.75) is 13.8 Å². The molecule has 162 valence electrons. The molecule has 0 saturated carbocycles. The van der Waals surface area contributed by atoms with E-state index in [1.165, 1.54) is 0 Å². The first kappa shape index (κ1) is 21.7. The summed E-state index contributed by atoms with van der Waals surface area (Å²) in [5, 5.41) is 4.33. The molecule has 0 aliphatic carbocycles. The number of ether oxygens (including phenoxy) is 2. The summed E-state index contributed by atoms with van der Waals surface area (Å²) in [4.78, 5) is 17.6. The van der Waals surface area contributed by atoms with E-state index in [0.717, 1.165) is 27.9 Å². The van der Waals surface area contributed by atoms with Crippen molar-refractivity contribution in [1.82, 2.24) is 4.98 Å². The zero-order valence-electron chi connectivity index (χ0n) is 17.9. The molecule has 5 nitrogen and oxygen atoms in total. The van der Waals surface area contributed by atoms with Crippen molar-refractivity contribution < 1.29 is 14.3 Å². The average molecular weight is 447 g/mol. The van der Waals surface area contributed by atoms with Gasteiger partial charge >= 0.3 is 0 Å². The Bertz CT molecular complexity index is 1260. The van der Waals surface area contributed by atoms with Crippen LogP contribution in [0.25, 0.3) is 22.2 Å². The monoisotopic (exact) mass is 446 g/mol. The molecule has 0 radical (unpaired) electrons. The second kappa shape index (κ2) is 9.71. The highest BCUT2D eigenvalue weighted by atomic mass is 35.5. The Morgan fingerprint density at radius 1 is 0.938 bits per heavy atom. The van der Waals surface area contributed by atoms with E-state index >= 15 is 0 Å². The molecule has 0 fully saturated rings. The van der Waals surface area contributed by atoms with Crippen LogP contribution in [0.1, 0.15) is 24.2 Å². The quantitative estimate of drug-likeness (QED) is 0.347. The number of aromatic nitrogens is 1. The van der Waals surface area contributed by atoms with Crippen LogP contribution in [0, 0.1) is 0 Å². The van der Waals surface area contributed by atoms with Crippen LogP contribution in [0.15, 0.2) is 72.8 Å². The molecule has 4 aromatic rings. The number of benzene rings is 3. The molecule has 1 N–H and O–H groups in total. The normalized spacial score (nSPS) is 10.7. The molecular weight excluding hydrogens is 424 g/mol. The molecule has 0 aliphatic rings. The van der Waals surface area contributed by atoms with Gasteiger partial charge in [0, 0.05) is 33.3 Å². The highest BCUT2D eigenvalue weighted by Gasteiger charge is 2.13. The number of halogens is 1. The van der Waals surface area contributed by atoms with Gasteiger partial charge in [-0.1, -0.05) is 23.7 Å². The third-order valence-corrected chi connectivity index (χ3v) is 5.11. The van der Waals surface area contributed by atoms with Crippen LogP contribution in [0.5, 0.6) is 11.5 Å². The Labute approximate surface area is 192 Å². The number of carbonyl (C=O) groups is 1. The summed E-state index contributed by atoms with van der Waals surface area (Å²) in [6.07, 6.45) is 0. The maximum Gasteiger partial charge on any atom is 0.255 e. The lowest BCUT2D eigenvalue weighted by molar-refractivity contribution is 0.102. The van der Waals surface area contributed by atoms with Gasteiger partial charge in [0.1, 0.15) is 11.5 Å². The van der Waals surface area contributed by atoms with Crippen LogP contribution in [-0.4, -0.2) is 24.1 Å². The fraction of sp³-hybridized carbons (Fsp3) is 0.154. The third-order valence-electron chi connectivity index (χ3n) is 4.88. The maximum absolute atomic E-state index is 12.8. The van der Waals surface area contributed by atoms with Gasteiger partial charge in [0.15, 0.2) is 0 Å². The van der Waals surface area contributed by atoms with Crippen molar-refractivity contribution in [3.8, 4) is 22.8 Å². The first-order chi connectivity index (χ1) is 15.6. The van der Waals surface area contributed by atoms with Crippen molar-refractivity contribution in [1.29, 1.82) is 0 Å². The molecule has 4 rings (SSSR count). The lowest BCUT2D eigenvalue weighted by atomic mass is 10.1. The van der Waals surface area contributed by atoms with Gasteiger partial charge in [0.05, 0.1) is 24.4 Å². The second-order valence-electron chi connectivity index (χ2n) is 7.09. The zero-order chi connectivity index (χ0) is 22.5. The van der Waals surface area contributed by atoms with Crippen LogP contribution < -0.4 is 14.8 Å². The van der Waals surface area contributed by atoms with Crippen molar-refractivity contribution in [3.05, 3.63) is 83.4 Å². The summed E-state index contributed by atoms with van der Waals surface area (Å²) < 4.78 is 11.3. The predicted molar refractivity (Wildman–Crippen MR) is 129 cm³/mol. The van der Waals surface area contributed by atoms with Gasteiger partial charge in [0.2, 0.25) is 0 Å². The van der Waals surface area contributed by atoms with Gasteiger partial charge in [0.25, 0.3) is 5.91 Å². The van der Waals surface area contributed by atoms with Crippen LogP contribution >= 0.6 is 11.6 Å². The third kappa shape index (κ3) is 4.84. The Morgan fingerprint density at radius 2 is 1.72 bits per heavy atom. The zero-order valence-corrected chi connectivity index (χ0v) is 18.6.